The zero-order valence-corrected chi connectivity index (χ0v) is 23.7. The molecule has 2 aromatic heterocycles. The first-order chi connectivity index (χ1) is 19.0. The second-order valence-corrected chi connectivity index (χ2v) is 11.9. The number of amides is 2. The third kappa shape index (κ3) is 5.70. The average Bonchev–Trinajstić information content (AvgIpc) is 3.41. The Morgan fingerprint density at radius 3 is 2.48 bits per heavy atom. The molecule has 0 aliphatic carbocycles. The Morgan fingerprint density at radius 2 is 1.75 bits per heavy atom. The van der Waals surface area contributed by atoms with Gasteiger partial charge in [0.15, 0.2) is 0 Å². The van der Waals surface area contributed by atoms with Crippen molar-refractivity contribution in [3.8, 4) is 21.6 Å². The van der Waals surface area contributed by atoms with Crippen LogP contribution in [0, 0.1) is 12.4 Å². The first-order valence-electron chi connectivity index (χ1n) is 13.0. The van der Waals surface area contributed by atoms with Crippen LogP contribution in [-0.2, 0) is 11.8 Å². The Hall–Kier alpha value is -4.23. The van der Waals surface area contributed by atoms with Crippen LogP contribution >= 0.6 is 11.3 Å². The zero-order chi connectivity index (χ0) is 28.6. The van der Waals surface area contributed by atoms with Gasteiger partial charge in [0.2, 0.25) is 5.69 Å². The number of hydrogen-bond donors (Lipinski definition) is 0. The number of thiophene rings is 1. The molecule has 1 aliphatic rings. The molecular formula is C30H30FN5O3S. The molecule has 2 aromatic carbocycles. The summed E-state index contributed by atoms with van der Waals surface area (Å²) in [5, 5.41) is 5.40. The van der Waals surface area contributed by atoms with Gasteiger partial charge < -0.3 is 14.5 Å². The molecule has 3 heterocycles. The SMILES string of the molecule is [C-]#[N+]c1ccc(-c2cc(C(=O)N3CCCN(C(=O)OC(C)(C)C)CC3)sc2-c2ccc3nn(C)cc3c2)cc1F. The third-order valence-electron chi connectivity index (χ3n) is 6.64. The number of aryl methyl sites for hydroxylation is 1. The van der Waals surface area contributed by atoms with Crippen LogP contribution in [0.15, 0.2) is 48.7 Å². The van der Waals surface area contributed by atoms with Crippen LogP contribution < -0.4 is 0 Å². The summed E-state index contributed by atoms with van der Waals surface area (Å²) in [5.74, 6) is -0.737. The predicted molar refractivity (Wildman–Crippen MR) is 154 cm³/mol. The molecule has 1 fully saturated rings. The summed E-state index contributed by atoms with van der Waals surface area (Å²) in [6, 6.07) is 12.2. The minimum absolute atomic E-state index is 0.0484. The van der Waals surface area contributed by atoms with Crippen molar-refractivity contribution >= 4 is 39.9 Å². The van der Waals surface area contributed by atoms with E-state index in [0.717, 1.165) is 26.9 Å². The Balaban J connectivity index is 1.48. The van der Waals surface area contributed by atoms with Crippen molar-refractivity contribution in [3.05, 3.63) is 70.8 Å². The van der Waals surface area contributed by atoms with E-state index in [0.29, 0.717) is 43.0 Å². The average molecular weight is 560 g/mol. The van der Waals surface area contributed by atoms with Gasteiger partial charge in [0.1, 0.15) is 11.4 Å². The fourth-order valence-electron chi connectivity index (χ4n) is 4.77. The molecule has 0 spiro atoms. The maximum absolute atomic E-state index is 14.6. The van der Waals surface area contributed by atoms with Crippen LogP contribution in [0.1, 0.15) is 36.9 Å². The number of hydrogen-bond acceptors (Lipinski definition) is 5. The van der Waals surface area contributed by atoms with Gasteiger partial charge in [0, 0.05) is 55.3 Å². The van der Waals surface area contributed by atoms with Crippen molar-refractivity contribution in [2.45, 2.75) is 32.8 Å². The first-order valence-corrected chi connectivity index (χ1v) is 13.9. The fourth-order valence-corrected chi connectivity index (χ4v) is 5.91. The van der Waals surface area contributed by atoms with Crippen molar-refractivity contribution in [1.82, 2.24) is 19.6 Å². The number of aromatic nitrogens is 2. The summed E-state index contributed by atoms with van der Waals surface area (Å²) in [6.07, 6.45) is 2.19. The van der Waals surface area contributed by atoms with Crippen molar-refractivity contribution in [3.63, 3.8) is 0 Å². The molecule has 1 aliphatic heterocycles. The number of carbonyl (C=O) groups is 2. The van der Waals surface area contributed by atoms with Gasteiger partial charge in [-0.25, -0.2) is 14.0 Å². The smallest absolute Gasteiger partial charge is 0.410 e. The molecule has 0 saturated carbocycles. The molecule has 0 radical (unpaired) electrons. The third-order valence-corrected chi connectivity index (χ3v) is 7.81. The number of fused-ring (bicyclic) bond motifs is 1. The van der Waals surface area contributed by atoms with Gasteiger partial charge in [0.25, 0.3) is 5.91 Å². The Labute approximate surface area is 236 Å². The van der Waals surface area contributed by atoms with Crippen molar-refractivity contribution in [2.24, 2.45) is 7.05 Å². The van der Waals surface area contributed by atoms with Gasteiger partial charge in [-0.3, -0.25) is 9.48 Å². The van der Waals surface area contributed by atoms with E-state index in [2.05, 4.69) is 9.94 Å². The van der Waals surface area contributed by atoms with Crippen LogP contribution in [0.3, 0.4) is 0 Å². The summed E-state index contributed by atoms with van der Waals surface area (Å²) in [5.41, 5.74) is 2.42. The van der Waals surface area contributed by atoms with Crippen LogP contribution in [-0.4, -0.2) is 63.4 Å². The highest BCUT2D eigenvalue weighted by molar-refractivity contribution is 7.18. The van der Waals surface area contributed by atoms with Crippen molar-refractivity contribution in [2.75, 3.05) is 26.2 Å². The first kappa shape index (κ1) is 27.3. The van der Waals surface area contributed by atoms with Gasteiger partial charge >= 0.3 is 6.09 Å². The van der Waals surface area contributed by atoms with E-state index >= 15 is 0 Å². The quantitative estimate of drug-likeness (QED) is 0.261. The van der Waals surface area contributed by atoms with E-state index in [1.54, 1.807) is 26.6 Å². The molecule has 0 atom stereocenters. The second kappa shape index (κ2) is 10.7. The van der Waals surface area contributed by atoms with E-state index in [9.17, 15) is 14.0 Å². The van der Waals surface area contributed by atoms with Gasteiger partial charge in [-0.2, -0.15) is 5.10 Å². The number of rotatable bonds is 3. The van der Waals surface area contributed by atoms with Crippen LogP contribution in [0.4, 0.5) is 14.9 Å². The van der Waals surface area contributed by atoms with Crippen LogP contribution in [0.25, 0.3) is 37.3 Å². The molecule has 0 unspecified atom stereocenters. The molecule has 5 rings (SSSR count). The summed E-state index contributed by atoms with van der Waals surface area (Å²) in [4.78, 5) is 34.3. The zero-order valence-electron chi connectivity index (χ0n) is 22.9. The highest BCUT2D eigenvalue weighted by Gasteiger charge is 2.28. The molecule has 2 amide bonds. The molecule has 1 saturated heterocycles. The monoisotopic (exact) mass is 559 g/mol. The Morgan fingerprint density at radius 1 is 1.02 bits per heavy atom. The van der Waals surface area contributed by atoms with Gasteiger partial charge in [-0.1, -0.05) is 18.2 Å². The van der Waals surface area contributed by atoms with E-state index < -0.39 is 11.4 Å². The summed E-state index contributed by atoms with van der Waals surface area (Å²) >= 11 is 1.36. The van der Waals surface area contributed by atoms with Crippen molar-refractivity contribution < 1.29 is 18.7 Å². The molecule has 206 valence electrons. The highest BCUT2D eigenvalue weighted by atomic mass is 32.1. The van der Waals surface area contributed by atoms with Crippen LogP contribution in [0.2, 0.25) is 0 Å². The molecule has 4 aromatic rings. The van der Waals surface area contributed by atoms with E-state index in [-0.39, 0.29) is 17.7 Å². The Kier molecular flexibility index (Phi) is 7.34. The standard InChI is InChI=1S/C30H30FN5O3S/c1-30(2,3)39-29(38)36-12-6-11-35(13-14-36)28(37)26-17-22(19-7-10-25(32-4)23(31)16-19)27(40-26)20-8-9-24-21(15-20)18-34(5)33-24/h7-10,15-18H,6,11-14H2,1-3,5H3. The van der Waals surface area contributed by atoms with Gasteiger partial charge in [0.05, 0.1) is 17.0 Å². The van der Waals surface area contributed by atoms with E-state index in [1.165, 1.54) is 23.5 Å². The molecule has 0 N–H and O–H groups in total. The highest BCUT2D eigenvalue weighted by Crippen LogP contribution is 2.41. The van der Waals surface area contributed by atoms with E-state index in [1.807, 2.05) is 52.2 Å². The molecule has 40 heavy (non-hydrogen) atoms. The lowest BCUT2D eigenvalue weighted by molar-refractivity contribution is 0.0255. The largest absolute Gasteiger partial charge is 0.444 e. The normalized spacial score (nSPS) is 14.2. The fraction of sp³-hybridized carbons (Fsp3) is 0.333. The number of nitrogens with zero attached hydrogens (tertiary/aromatic N) is 5. The maximum Gasteiger partial charge on any atom is 0.410 e. The molecule has 0 bridgehead atoms. The van der Waals surface area contributed by atoms with Gasteiger partial charge in [-0.05, 0) is 62.6 Å². The molecular weight excluding hydrogens is 529 g/mol. The number of benzene rings is 2. The topological polar surface area (TPSA) is 72.0 Å². The lowest BCUT2D eigenvalue weighted by Gasteiger charge is -2.26. The van der Waals surface area contributed by atoms with Crippen molar-refractivity contribution in [1.29, 1.82) is 0 Å². The van der Waals surface area contributed by atoms with E-state index in [4.69, 9.17) is 11.3 Å². The number of halogens is 1. The summed E-state index contributed by atoms with van der Waals surface area (Å²) < 4.78 is 21.9. The van der Waals surface area contributed by atoms with Gasteiger partial charge in [-0.15, -0.1) is 11.3 Å². The lowest BCUT2D eigenvalue weighted by Crippen LogP contribution is -2.40. The summed E-state index contributed by atoms with van der Waals surface area (Å²) in [7, 11) is 1.86. The Bertz CT molecular complexity index is 1650. The number of ether oxygens (including phenoxy) is 1. The molecule has 10 heteroatoms. The maximum atomic E-state index is 14.6. The lowest BCUT2D eigenvalue weighted by atomic mass is 10.0. The molecule has 8 nitrogen and oxygen atoms in total. The minimum Gasteiger partial charge on any atom is -0.444 e. The number of carbonyl (C=O) groups excluding carboxylic acids is 2. The van der Waals surface area contributed by atoms with Crippen LogP contribution in [0.5, 0.6) is 0 Å². The minimum atomic E-state index is -0.602. The predicted octanol–water partition coefficient (Wildman–Crippen LogP) is 6.74. The summed E-state index contributed by atoms with van der Waals surface area (Å²) in [6.45, 7) is 14.5. The second-order valence-electron chi connectivity index (χ2n) is 10.8.